The van der Waals surface area contributed by atoms with Crippen molar-refractivity contribution in [3.05, 3.63) is 48.4 Å². The molecular weight excluding hydrogens is 262 g/mol. The summed E-state index contributed by atoms with van der Waals surface area (Å²) in [5.74, 6) is 1.78. The maximum absolute atomic E-state index is 5.47. The van der Waals surface area contributed by atoms with Crippen LogP contribution in [-0.4, -0.2) is 23.2 Å². The van der Waals surface area contributed by atoms with Crippen molar-refractivity contribution in [2.45, 2.75) is 18.8 Å². The van der Waals surface area contributed by atoms with Crippen molar-refractivity contribution in [2.75, 3.05) is 13.1 Å². The Kier molecular flexibility index (Phi) is 3.16. The lowest BCUT2D eigenvalue weighted by molar-refractivity contribution is 0.322. The van der Waals surface area contributed by atoms with Crippen LogP contribution in [0.4, 0.5) is 0 Å². The molecule has 2 aromatic carbocycles. The molecule has 1 atom stereocenters. The van der Waals surface area contributed by atoms with Crippen molar-refractivity contribution in [2.24, 2.45) is 0 Å². The molecule has 0 spiro atoms. The Morgan fingerprint density at radius 1 is 1.10 bits per heavy atom. The molecule has 21 heavy (non-hydrogen) atoms. The summed E-state index contributed by atoms with van der Waals surface area (Å²) >= 11 is 0. The normalized spacial score (nSPS) is 19.0. The van der Waals surface area contributed by atoms with Gasteiger partial charge in [0.25, 0.3) is 0 Å². The Bertz CT molecular complexity index is 759. The van der Waals surface area contributed by atoms with Crippen LogP contribution in [-0.2, 0) is 0 Å². The number of piperidine rings is 1. The summed E-state index contributed by atoms with van der Waals surface area (Å²) in [4.78, 5) is 4.59. The minimum absolute atomic E-state index is 0.348. The van der Waals surface area contributed by atoms with Gasteiger partial charge in [0.1, 0.15) is 0 Å². The molecule has 0 bridgehead atoms. The molecule has 2 heterocycles. The number of hydrogen-bond donors (Lipinski definition) is 1. The van der Waals surface area contributed by atoms with Crippen LogP contribution in [0.15, 0.2) is 47.0 Å². The van der Waals surface area contributed by atoms with E-state index in [-0.39, 0.29) is 0 Å². The van der Waals surface area contributed by atoms with E-state index in [1.54, 1.807) is 0 Å². The third-order valence-electron chi connectivity index (χ3n) is 4.10. The molecule has 0 amide bonds. The highest BCUT2D eigenvalue weighted by molar-refractivity contribution is 5.86. The molecule has 1 aliphatic rings. The highest BCUT2D eigenvalue weighted by Gasteiger charge is 2.21. The molecule has 0 radical (unpaired) electrons. The fourth-order valence-electron chi connectivity index (χ4n) is 2.91. The van der Waals surface area contributed by atoms with Crippen molar-refractivity contribution < 1.29 is 4.52 Å². The van der Waals surface area contributed by atoms with E-state index in [9.17, 15) is 0 Å². The van der Waals surface area contributed by atoms with E-state index in [4.69, 9.17) is 4.52 Å². The molecule has 1 aliphatic heterocycles. The van der Waals surface area contributed by atoms with Gasteiger partial charge < -0.3 is 9.84 Å². The Morgan fingerprint density at radius 3 is 2.86 bits per heavy atom. The van der Waals surface area contributed by atoms with Gasteiger partial charge in [0.05, 0.1) is 5.92 Å². The summed E-state index contributed by atoms with van der Waals surface area (Å²) in [6.45, 7) is 2.02. The van der Waals surface area contributed by atoms with E-state index in [0.717, 1.165) is 31.0 Å². The lowest BCUT2D eigenvalue weighted by Crippen LogP contribution is -2.28. The quantitative estimate of drug-likeness (QED) is 0.781. The summed E-state index contributed by atoms with van der Waals surface area (Å²) in [7, 11) is 0. The summed E-state index contributed by atoms with van der Waals surface area (Å²) in [6.07, 6.45) is 2.28. The summed E-state index contributed by atoms with van der Waals surface area (Å²) < 4.78 is 5.47. The van der Waals surface area contributed by atoms with Crippen LogP contribution in [0.5, 0.6) is 0 Å². The number of rotatable bonds is 2. The Balaban J connectivity index is 1.67. The minimum atomic E-state index is 0.348. The first-order chi connectivity index (χ1) is 10.4. The number of nitrogens with one attached hydrogen (secondary N) is 1. The highest BCUT2D eigenvalue weighted by atomic mass is 16.5. The maximum atomic E-state index is 5.47. The van der Waals surface area contributed by atoms with E-state index in [1.165, 1.54) is 17.2 Å². The van der Waals surface area contributed by atoms with Crippen LogP contribution in [0, 0.1) is 0 Å². The fourth-order valence-corrected chi connectivity index (χ4v) is 2.91. The Hall–Kier alpha value is -2.20. The summed E-state index contributed by atoms with van der Waals surface area (Å²) in [6, 6.07) is 14.6. The van der Waals surface area contributed by atoms with Gasteiger partial charge >= 0.3 is 0 Å². The maximum Gasteiger partial charge on any atom is 0.231 e. The second-order valence-corrected chi connectivity index (χ2v) is 5.56. The third kappa shape index (κ3) is 2.43. The molecule has 4 heteroatoms. The van der Waals surface area contributed by atoms with Crippen LogP contribution < -0.4 is 5.32 Å². The molecule has 1 aromatic heterocycles. The van der Waals surface area contributed by atoms with Gasteiger partial charge in [0, 0.05) is 12.1 Å². The monoisotopic (exact) mass is 279 g/mol. The zero-order valence-corrected chi connectivity index (χ0v) is 11.7. The van der Waals surface area contributed by atoms with Crippen LogP contribution in [0.1, 0.15) is 24.7 Å². The van der Waals surface area contributed by atoms with Crippen molar-refractivity contribution in [1.29, 1.82) is 0 Å². The molecule has 4 rings (SSSR count). The largest absolute Gasteiger partial charge is 0.339 e. The number of nitrogens with zero attached hydrogens (tertiary/aromatic N) is 2. The van der Waals surface area contributed by atoms with E-state index < -0.39 is 0 Å². The number of fused-ring (bicyclic) bond motifs is 1. The third-order valence-corrected chi connectivity index (χ3v) is 4.10. The van der Waals surface area contributed by atoms with Gasteiger partial charge in [-0.25, -0.2) is 0 Å². The molecule has 0 saturated carbocycles. The molecule has 1 N–H and O–H groups in total. The van der Waals surface area contributed by atoms with Gasteiger partial charge in [-0.3, -0.25) is 0 Å². The van der Waals surface area contributed by atoms with E-state index in [1.807, 2.05) is 12.1 Å². The predicted octanol–water partition coefficient (Wildman–Crippen LogP) is 3.36. The topological polar surface area (TPSA) is 51.0 Å². The number of benzene rings is 2. The standard InChI is InChI=1S/C17H17N3O/c1-2-5-13-10-14(8-7-12(13)4-1)16-19-17(21-20-16)15-6-3-9-18-11-15/h1-2,4-5,7-8,10,15,18H,3,6,9,11H2. The molecule has 0 aliphatic carbocycles. The molecule has 4 nitrogen and oxygen atoms in total. The average molecular weight is 279 g/mol. The number of aromatic nitrogens is 2. The van der Waals surface area contributed by atoms with Crippen LogP contribution >= 0.6 is 0 Å². The first-order valence-corrected chi connectivity index (χ1v) is 7.44. The van der Waals surface area contributed by atoms with Crippen LogP contribution in [0.3, 0.4) is 0 Å². The summed E-state index contributed by atoms with van der Waals surface area (Å²) in [5, 5.41) is 9.95. The van der Waals surface area contributed by atoms with E-state index in [2.05, 4.69) is 45.8 Å². The van der Waals surface area contributed by atoms with Crippen molar-refractivity contribution in [3.63, 3.8) is 0 Å². The predicted molar refractivity (Wildman–Crippen MR) is 82.1 cm³/mol. The molecule has 1 saturated heterocycles. The Labute approximate surface area is 123 Å². The van der Waals surface area contributed by atoms with Crippen molar-refractivity contribution >= 4 is 10.8 Å². The highest BCUT2D eigenvalue weighted by Crippen LogP contribution is 2.26. The van der Waals surface area contributed by atoms with Gasteiger partial charge in [0.15, 0.2) is 0 Å². The molecule has 1 fully saturated rings. The smallest absolute Gasteiger partial charge is 0.231 e. The SMILES string of the molecule is c1ccc2cc(-c3noc(C4CCCNC4)n3)ccc2c1. The van der Waals surface area contributed by atoms with Crippen LogP contribution in [0.25, 0.3) is 22.2 Å². The van der Waals surface area contributed by atoms with Gasteiger partial charge in [-0.2, -0.15) is 4.98 Å². The van der Waals surface area contributed by atoms with E-state index >= 15 is 0 Å². The lowest BCUT2D eigenvalue weighted by Gasteiger charge is -2.18. The zero-order valence-electron chi connectivity index (χ0n) is 11.7. The molecule has 1 unspecified atom stereocenters. The van der Waals surface area contributed by atoms with Gasteiger partial charge in [0.2, 0.25) is 11.7 Å². The Morgan fingerprint density at radius 2 is 2.00 bits per heavy atom. The second kappa shape index (κ2) is 5.30. The van der Waals surface area contributed by atoms with Crippen molar-refractivity contribution in [1.82, 2.24) is 15.5 Å². The van der Waals surface area contributed by atoms with Crippen LogP contribution in [0.2, 0.25) is 0 Å². The first kappa shape index (κ1) is 12.5. The van der Waals surface area contributed by atoms with E-state index in [0.29, 0.717) is 11.7 Å². The molecule has 106 valence electrons. The second-order valence-electron chi connectivity index (χ2n) is 5.56. The molecular formula is C17H17N3O. The van der Waals surface area contributed by atoms with Crippen molar-refractivity contribution in [3.8, 4) is 11.4 Å². The van der Waals surface area contributed by atoms with Gasteiger partial charge in [-0.1, -0.05) is 41.6 Å². The lowest BCUT2D eigenvalue weighted by atomic mass is 10.00. The average Bonchev–Trinajstić information content (AvgIpc) is 3.05. The fraction of sp³-hybridized carbons (Fsp3) is 0.294. The summed E-state index contributed by atoms with van der Waals surface area (Å²) in [5.41, 5.74) is 1.01. The number of hydrogen-bond acceptors (Lipinski definition) is 4. The minimum Gasteiger partial charge on any atom is -0.339 e. The zero-order chi connectivity index (χ0) is 14.1. The molecule has 3 aromatic rings. The van der Waals surface area contributed by atoms with Gasteiger partial charge in [-0.05, 0) is 36.2 Å². The van der Waals surface area contributed by atoms with Gasteiger partial charge in [-0.15, -0.1) is 0 Å². The first-order valence-electron chi connectivity index (χ1n) is 7.44.